The fraction of sp³-hybridized carbons (Fsp3) is 0.136. The lowest BCUT2D eigenvalue weighted by Gasteiger charge is -2.18. The molecule has 0 saturated heterocycles. The molecule has 0 amide bonds. The number of nitrogens with zero attached hydrogens (tertiary/aromatic N) is 3. The second-order valence-electron chi connectivity index (χ2n) is 6.49. The van der Waals surface area contributed by atoms with Crippen molar-refractivity contribution in [2.24, 2.45) is 4.99 Å². The van der Waals surface area contributed by atoms with Gasteiger partial charge in [0, 0.05) is 29.3 Å². The lowest BCUT2D eigenvalue weighted by molar-refractivity contribution is -0.691. The number of hydrogen-bond acceptors (Lipinski definition) is 5. The maximum absolute atomic E-state index is 13.3. The molecule has 29 heavy (non-hydrogen) atoms. The number of nitro benzene ring substituents is 1. The highest BCUT2D eigenvalue weighted by molar-refractivity contribution is 7.77. The van der Waals surface area contributed by atoms with E-state index in [9.17, 15) is 14.9 Å². The second kappa shape index (κ2) is 9.16. The zero-order valence-electron chi connectivity index (χ0n) is 15.8. The van der Waals surface area contributed by atoms with Crippen molar-refractivity contribution >= 4 is 29.1 Å². The smallest absolute Gasteiger partial charge is 0.273 e. The van der Waals surface area contributed by atoms with E-state index in [4.69, 9.17) is 12.6 Å². The van der Waals surface area contributed by atoms with Crippen LogP contribution in [-0.2, 0) is 19.2 Å². The number of aryl methyl sites for hydroxylation is 1. The largest absolute Gasteiger partial charge is 0.758 e. The normalized spacial score (nSPS) is 12.4. The van der Waals surface area contributed by atoms with E-state index in [1.807, 2.05) is 36.4 Å². The molecule has 3 aromatic rings. The first-order valence-electron chi connectivity index (χ1n) is 8.97. The van der Waals surface area contributed by atoms with Gasteiger partial charge in [-0.3, -0.25) is 14.9 Å². The second-order valence-corrected chi connectivity index (χ2v) is 6.91. The molecule has 0 aliphatic carbocycles. The molecule has 6 nitrogen and oxygen atoms in total. The van der Waals surface area contributed by atoms with Gasteiger partial charge in [-0.2, -0.15) is 4.57 Å². The van der Waals surface area contributed by atoms with Gasteiger partial charge in [-0.1, -0.05) is 48.5 Å². The van der Waals surface area contributed by atoms with Gasteiger partial charge in [0.1, 0.15) is 0 Å². The number of Topliss-reactive ketones (excluding diaryl/α,β-unsaturated/α-hetero) is 1. The van der Waals surface area contributed by atoms with Crippen LogP contribution in [0.25, 0.3) is 0 Å². The Morgan fingerprint density at radius 1 is 1.10 bits per heavy atom. The Morgan fingerprint density at radius 3 is 2.41 bits per heavy atom. The summed E-state index contributed by atoms with van der Waals surface area (Å²) in [6, 6.07) is 18.6. The highest BCUT2D eigenvalue weighted by Gasteiger charge is 2.29. The number of ketones is 1. The number of rotatable bonds is 7. The molecule has 0 fully saturated rings. The fourth-order valence-electron chi connectivity index (χ4n) is 2.92. The van der Waals surface area contributed by atoms with Crippen LogP contribution < -0.4 is 4.57 Å². The summed E-state index contributed by atoms with van der Waals surface area (Å²) in [5.74, 6) is -0.342. The zero-order valence-corrected chi connectivity index (χ0v) is 16.6. The van der Waals surface area contributed by atoms with E-state index in [0.717, 1.165) is 5.56 Å². The van der Waals surface area contributed by atoms with Gasteiger partial charge in [-0.15, -0.1) is 0 Å². The van der Waals surface area contributed by atoms with Crippen LogP contribution in [0.1, 0.15) is 27.5 Å². The lowest BCUT2D eigenvalue weighted by Crippen LogP contribution is -2.47. The van der Waals surface area contributed by atoms with Gasteiger partial charge < -0.3 is 17.6 Å². The quantitative estimate of drug-likeness (QED) is 0.114. The van der Waals surface area contributed by atoms with Crippen LogP contribution in [0.3, 0.4) is 0 Å². The molecule has 0 saturated carbocycles. The lowest BCUT2D eigenvalue weighted by atomic mass is 10.0. The third kappa shape index (κ3) is 4.89. The van der Waals surface area contributed by atoms with Crippen LogP contribution in [0.2, 0.25) is 0 Å². The van der Waals surface area contributed by atoms with E-state index >= 15 is 0 Å². The first-order chi connectivity index (χ1) is 14.0. The molecule has 0 N–H and O–H groups in total. The average Bonchev–Trinajstić information content (AvgIpc) is 2.74. The Labute approximate surface area is 174 Å². The number of aromatic nitrogens is 1. The first-order valence-corrected chi connectivity index (χ1v) is 9.38. The molecular weight excluding hydrogens is 386 g/mol. The predicted octanol–water partition coefficient (Wildman–Crippen LogP) is 3.76. The van der Waals surface area contributed by atoms with Crippen LogP contribution in [0.4, 0.5) is 5.69 Å². The molecule has 2 aromatic carbocycles. The number of pyridine rings is 1. The molecule has 7 heteroatoms. The summed E-state index contributed by atoms with van der Waals surface area (Å²) in [6.07, 6.45) is 3.46. The summed E-state index contributed by atoms with van der Waals surface area (Å²) >= 11 is 5.50. The fourth-order valence-corrected chi connectivity index (χ4v) is 3.21. The number of carbonyl (C=O) groups is 1. The molecule has 1 aromatic heterocycles. The van der Waals surface area contributed by atoms with Crippen molar-refractivity contribution in [3.8, 4) is 0 Å². The van der Waals surface area contributed by atoms with Gasteiger partial charge in [-0.25, -0.2) is 0 Å². The van der Waals surface area contributed by atoms with Crippen LogP contribution in [0, 0.1) is 17.0 Å². The minimum atomic E-state index is -0.864. The summed E-state index contributed by atoms with van der Waals surface area (Å²) < 4.78 is 1.67. The molecule has 146 valence electrons. The summed E-state index contributed by atoms with van der Waals surface area (Å²) in [4.78, 5) is 28.5. The van der Waals surface area contributed by atoms with Crippen molar-refractivity contribution in [3.05, 3.63) is 106 Å². The third-order valence-corrected chi connectivity index (χ3v) is 4.82. The first kappa shape index (κ1) is 20.3. The predicted molar refractivity (Wildman–Crippen MR) is 113 cm³/mol. The molecule has 3 rings (SSSR count). The number of carbonyl (C=O) groups excluding carboxylic acids is 1. The maximum Gasteiger partial charge on any atom is 0.273 e. The van der Waals surface area contributed by atoms with Crippen LogP contribution >= 0.6 is 0 Å². The van der Waals surface area contributed by atoms with Gasteiger partial charge in [0.2, 0.25) is 11.8 Å². The molecular formula is C22H19N3O3S. The van der Waals surface area contributed by atoms with Crippen molar-refractivity contribution in [2.45, 2.75) is 19.5 Å². The van der Waals surface area contributed by atoms with Crippen molar-refractivity contribution in [1.82, 2.24) is 0 Å². The highest BCUT2D eigenvalue weighted by Crippen LogP contribution is 2.22. The van der Waals surface area contributed by atoms with Gasteiger partial charge in [0.05, 0.1) is 11.5 Å². The number of nitro groups is 1. The summed E-state index contributed by atoms with van der Waals surface area (Å²) in [5, 5.41) is 11.5. The topological polar surface area (TPSA) is 76.5 Å². The molecule has 0 radical (unpaired) electrons. The molecule has 0 aliphatic heterocycles. The highest BCUT2D eigenvalue weighted by atomic mass is 32.1. The third-order valence-electron chi connectivity index (χ3n) is 4.47. The van der Waals surface area contributed by atoms with E-state index in [1.54, 1.807) is 48.1 Å². The van der Waals surface area contributed by atoms with Crippen LogP contribution in [-0.4, -0.2) is 15.8 Å². The van der Waals surface area contributed by atoms with E-state index in [0.29, 0.717) is 12.1 Å². The summed E-state index contributed by atoms with van der Waals surface area (Å²) in [5.41, 5.74) is 1.60. The molecule has 1 atom stereocenters. The molecule has 0 unspecified atom stereocenters. The zero-order chi connectivity index (χ0) is 20.8. The number of aliphatic imine (C=N–C) groups is 1. The Kier molecular flexibility index (Phi) is 6.41. The molecule has 1 heterocycles. The number of benzene rings is 2. The summed E-state index contributed by atoms with van der Waals surface area (Å²) in [7, 11) is 0. The molecule has 0 bridgehead atoms. The van der Waals surface area contributed by atoms with Crippen molar-refractivity contribution in [3.63, 3.8) is 0 Å². The average molecular weight is 405 g/mol. The van der Waals surface area contributed by atoms with Gasteiger partial charge in [0.15, 0.2) is 12.4 Å². The van der Waals surface area contributed by atoms with Gasteiger partial charge >= 0.3 is 0 Å². The van der Waals surface area contributed by atoms with Crippen LogP contribution in [0.5, 0.6) is 0 Å². The van der Waals surface area contributed by atoms with Crippen molar-refractivity contribution < 1.29 is 14.3 Å². The van der Waals surface area contributed by atoms with E-state index in [1.165, 1.54) is 6.07 Å². The minimum absolute atomic E-state index is 0.0974. The Hall–Kier alpha value is -3.45. The standard InChI is InChI=1S/C22H19N3O3S/c1-16-10-11-18(14-19(16)25(27)28)21(26)20(24-12-6-3-7-13-24)22(29)23-15-17-8-4-2-5-9-17/h2-14,20H,15H2,1H3/t20-/m0/s1. The molecule has 0 aliphatic rings. The Bertz CT molecular complexity index is 1050. The molecule has 0 spiro atoms. The SMILES string of the molecule is Cc1ccc(C(=O)[C@@H](C([S-])=NCc2ccccc2)[n+]2ccccc2)cc1[N+](=O)[O-]. The monoisotopic (exact) mass is 405 g/mol. The van der Waals surface area contributed by atoms with Gasteiger partial charge in [0.25, 0.3) is 5.69 Å². The van der Waals surface area contributed by atoms with E-state index < -0.39 is 11.0 Å². The van der Waals surface area contributed by atoms with E-state index in [2.05, 4.69) is 4.99 Å². The summed E-state index contributed by atoms with van der Waals surface area (Å²) in [6.45, 7) is 1.99. The number of hydrogen-bond donors (Lipinski definition) is 0. The Balaban J connectivity index is 1.99. The van der Waals surface area contributed by atoms with Crippen molar-refractivity contribution in [2.75, 3.05) is 0 Å². The minimum Gasteiger partial charge on any atom is -0.758 e. The Morgan fingerprint density at radius 2 is 1.76 bits per heavy atom. The maximum atomic E-state index is 13.3. The van der Waals surface area contributed by atoms with Crippen LogP contribution in [0.15, 0.2) is 84.1 Å². The van der Waals surface area contributed by atoms with E-state index in [-0.39, 0.29) is 22.1 Å². The van der Waals surface area contributed by atoms with Crippen molar-refractivity contribution in [1.29, 1.82) is 0 Å². The van der Waals surface area contributed by atoms with Gasteiger partial charge in [-0.05, 0) is 17.5 Å².